The molecule has 0 radical (unpaired) electrons. The molecule has 1 fully saturated rings. The summed E-state index contributed by atoms with van der Waals surface area (Å²) >= 11 is 0. The van der Waals surface area contributed by atoms with Gasteiger partial charge in [0.15, 0.2) is 0 Å². The highest BCUT2D eigenvalue weighted by Crippen LogP contribution is 2.20. The Hall–Kier alpha value is -1.98. The van der Waals surface area contributed by atoms with Crippen LogP contribution < -0.4 is 16.0 Å². The molecule has 0 unspecified atom stereocenters. The highest BCUT2D eigenvalue weighted by atomic mass is 35.5. The summed E-state index contributed by atoms with van der Waals surface area (Å²) in [6.45, 7) is 4.01. The topological polar surface area (TPSA) is 71.2 Å². The second-order valence-corrected chi connectivity index (χ2v) is 5.63. The van der Waals surface area contributed by atoms with E-state index in [0.29, 0.717) is 16.9 Å². The summed E-state index contributed by atoms with van der Waals surface area (Å²) in [6, 6.07) is 9.17. The number of halogens is 2. The van der Waals surface area contributed by atoms with Gasteiger partial charge in [-0.25, -0.2) is 4.98 Å². The number of hydrogen-bond donors (Lipinski definition) is 2. The zero-order chi connectivity index (χ0) is 15.5. The molecule has 7 heteroatoms. The quantitative estimate of drug-likeness (QED) is 0.810. The molecule has 3 rings (SSSR count). The third-order valence-electron chi connectivity index (χ3n) is 3.94. The molecule has 0 saturated carbocycles. The number of benzene rings is 1. The molecule has 0 aliphatic carbocycles. The third kappa shape index (κ3) is 4.52. The first-order chi connectivity index (χ1) is 10.6. The van der Waals surface area contributed by atoms with Gasteiger partial charge in [-0.1, -0.05) is 6.07 Å². The SMILES string of the molecule is Cc1ccc(N)cc1C(=O)Nc1ccc(N2CCCC2)nc1.Cl.Cl. The maximum atomic E-state index is 12.3. The largest absolute Gasteiger partial charge is 0.399 e. The number of rotatable bonds is 3. The summed E-state index contributed by atoms with van der Waals surface area (Å²) in [5.74, 6) is 0.802. The van der Waals surface area contributed by atoms with Crippen molar-refractivity contribution < 1.29 is 4.79 Å². The average molecular weight is 369 g/mol. The Labute approximate surface area is 154 Å². The minimum absolute atomic E-state index is 0. The number of hydrogen-bond acceptors (Lipinski definition) is 4. The molecule has 1 aromatic carbocycles. The molecule has 2 heterocycles. The van der Waals surface area contributed by atoms with E-state index in [-0.39, 0.29) is 30.7 Å². The van der Waals surface area contributed by atoms with Gasteiger partial charge in [0.05, 0.1) is 11.9 Å². The summed E-state index contributed by atoms with van der Waals surface area (Å²) in [5, 5.41) is 2.87. The zero-order valence-electron chi connectivity index (χ0n) is 13.5. The van der Waals surface area contributed by atoms with Crippen molar-refractivity contribution in [3.63, 3.8) is 0 Å². The van der Waals surface area contributed by atoms with Crippen molar-refractivity contribution in [1.29, 1.82) is 0 Å². The van der Waals surface area contributed by atoms with Crippen molar-refractivity contribution in [2.24, 2.45) is 0 Å². The van der Waals surface area contributed by atoms with Crippen molar-refractivity contribution in [3.05, 3.63) is 47.7 Å². The molecule has 0 bridgehead atoms. The molecule has 1 aliphatic heterocycles. The van der Waals surface area contributed by atoms with Crippen LogP contribution in [-0.4, -0.2) is 24.0 Å². The molecule has 1 saturated heterocycles. The summed E-state index contributed by atoms with van der Waals surface area (Å²) in [4.78, 5) is 19.0. The van der Waals surface area contributed by atoms with Crippen molar-refractivity contribution in [1.82, 2.24) is 4.98 Å². The average Bonchev–Trinajstić information content (AvgIpc) is 3.05. The molecular formula is C17H22Cl2N4O. The van der Waals surface area contributed by atoms with E-state index in [9.17, 15) is 4.79 Å². The molecular weight excluding hydrogens is 347 g/mol. The monoisotopic (exact) mass is 368 g/mol. The van der Waals surface area contributed by atoms with Crippen LogP contribution in [0.2, 0.25) is 0 Å². The first-order valence-electron chi connectivity index (χ1n) is 7.52. The predicted octanol–water partition coefficient (Wildman–Crippen LogP) is 3.67. The number of aryl methyl sites for hydroxylation is 1. The Kier molecular flexibility index (Phi) is 7.32. The first kappa shape index (κ1) is 20.1. The van der Waals surface area contributed by atoms with E-state index in [1.807, 2.05) is 25.1 Å². The summed E-state index contributed by atoms with van der Waals surface area (Å²) < 4.78 is 0. The van der Waals surface area contributed by atoms with Crippen LogP contribution in [0.1, 0.15) is 28.8 Å². The first-order valence-corrected chi connectivity index (χ1v) is 7.52. The molecule has 3 N–H and O–H groups in total. The number of aromatic nitrogens is 1. The molecule has 0 atom stereocenters. The fourth-order valence-electron chi connectivity index (χ4n) is 2.68. The van der Waals surface area contributed by atoms with E-state index in [4.69, 9.17) is 5.73 Å². The van der Waals surface area contributed by atoms with Crippen LogP contribution in [-0.2, 0) is 0 Å². The lowest BCUT2D eigenvalue weighted by Crippen LogP contribution is -2.19. The molecule has 0 spiro atoms. The van der Waals surface area contributed by atoms with Crippen molar-refractivity contribution in [3.8, 4) is 0 Å². The number of carbonyl (C=O) groups is 1. The lowest BCUT2D eigenvalue weighted by Gasteiger charge is -2.16. The number of carbonyl (C=O) groups excluding carboxylic acids is 1. The summed E-state index contributed by atoms with van der Waals surface area (Å²) in [7, 11) is 0. The normalized spacial score (nSPS) is 13.0. The molecule has 1 amide bonds. The highest BCUT2D eigenvalue weighted by Gasteiger charge is 2.14. The molecule has 5 nitrogen and oxygen atoms in total. The van der Waals surface area contributed by atoms with Crippen LogP contribution in [0.3, 0.4) is 0 Å². The molecule has 1 aromatic heterocycles. The zero-order valence-corrected chi connectivity index (χ0v) is 15.1. The van der Waals surface area contributed by atoms with Crippen molar-refractivity contribution in [2.75, 3.05) is 29.0 Å². The fraction of sp³-hybridized carbons (Fsp3) is 0.294. The highest BCUT2D eigenvalue weighted by molar-refractivity contribution is 6.05. The number of nitrogens with one attached hydrogen (secondary N) is 1. The van der Waals surface area contributed by atoms with E-state index in [0.717, 1.165) is 24.5 Å². The van der Waals surface area contributed by atoms with Crippen LogP contribution >= 0.6 is 24.8 Å². The van der Waals surface area contributed by atoms with E-state index < -0.39 is 0 Å². The molecule has 24 heavy (non-hydrogen) atoms. The number of pyridine rings is 1. The Morgan fingerprint density at radius 3 is 2.50 bits per heavy atom. The molecule has 130 valence electrons. The number of anilines is 3. The van der Waals surface area contributed by atoms with Gasteiger partial charge in [0.1, 0.15) is 5.82 Å². The Bertz CT molecular complexity index is 685. The number of nitrogens with zero attached hydrogens (tertiary/aromatic N) is 2. The lowest BCUT2D eigenvalue weighted by molar-refractivity contribution is 0.102. The smallest absolute Gasteiger partial charge is 0.256 e. The minimum atomic E-state index is -0.166. The van der Waals surface area contributed by atoms with Gasteiger partial charge in [-0.15, -0.1) is 24.8 Å². The maximum absolute atomic E-state index is 12.3. The van der Waals surface area contributed by atoms with Gasteiger partial charge in [-0.05, 0) is 49.6 Å². The van der Waals surface area contributed by atoms with Gasteiger partial charge in [0, 0.05) is 24.3 Å². The molecule has 1 aliphatic rings. The van der Waals surface area contributed by atoms with Gasteiger partial charge < -0.3 is 16.0 Å². The lowest BCUT2D eigenvalue weighted by atomic mass is 10.1. The number of nitrogen functional groups attached to an aromatic ring is 1. The third-order valence-corrected chi connectivity index (χ3v) is 3.94. The van der Waals surface area contributed by atoms with Gasteiger partial charge in [-0.2, -0.15) is 0 Å². The standard InChI is InChI=1S/C17H20N4O.2ClH/c1-12-4-5-13(18)10-15(12)17(22)20-14-6-7-16(19-11-14)21-8-2-3-9-21;;/h4-7,10-11H,2-3,8-9,18H2,1H3,(H,20,22);2*1H. The van der Waals surface area contributed by atoms with Crippen LogP contribution in [0.25, 0.3) is 0 Å². The Morgan fingerprint density at radius 2 is 1.88 bits per heavy atom. The Balaban J connectivity index is 0.00000144. The van der Waals surface area contributed by atoms with Gasteiger partial charge in [0.25, 0.3) is 5.91 Å². The molecule has 2 aromatic rings. The van der Waals surface area contributed by atoms with Crippen LogP contribution in [0.5, 0.6) is 0 Å². The van der Waals surface area contributed by atoms with Gasteiger partial charge in [-0.3, -0.25) is 4.79 Å². The van der Waals surface area contributed by atoms with E-state index >= 15 is 0 Å². The van der Waals surface area contributed by atoms with Gasteiger partial charge in [0.2, 0.25) is 0 Å². The van der Waals surface area contributed by atoms with Gasteiger partial charge >= 0.3 is 0 Å². The van der Waals surface area contributed by atoms with Crippen LogP contribution in [0.15, 0.2) is 36.5 Å². The van der Waals surface area contributed by atoms with E-state index in [2.05, 4.69) is 15.2 Å². The predicted molar refractivity (Wildman–Crippen MR) is 104 cm³/mol. The number of amides is 1. The summed E-state index contributed by atoms with van der Waals surface area (Å²) in [5.41, 5.74) is 8.51. The van der Waals surface area contributed by atoms with Crippen LogP contribution in [0, 0.1) is 6.92 Å². The fourth-order valence-corrected chi connectivity index (χ4v) is 2.68. The number of nitrogens with two attached hydrogens (primary N) is 1. The Morgan fingerprint density at radius 1 is 1.17 bits per heavy atom. The summed E-state index contributed by atoms with van der Waals surface area (Å²) in [6.07, 6.45) is 4.14. The van der Waals surface area contributed by atoms with E-state index in [1.54, 1.807) is 18.3 Å². The van der Waals surface area contributed by atoms with E-state index in [1.165, 1.54) is 12.8 Å². The maximum Gasteiger partial charge on any atom is 0.256 e. The minimum Gasteiger partial charge on any atom is -0.399 e. The second kappa shape index (κ2) is 8.76. The van der Waals surface area contributed by atoms with Crippen molar-refractivity contribution in [2.45, 2.75) is 19.8 Å². The van der Waals surface area contributed by atoms with Crippen LogP contribution in [0.4, 0.5) is 17.2 Å². The second-order valence-electron chi connectivity index (χ2n) is 5.63. The van der Waals surface area contributed by atoms with Crippen molar-refractivity contribution >= 4 is 47.9 Å².